The first-order valence-electron chi connectivity index (χ1n) is 9.08. The highest BCUT2D eigenvalue weighted by molar-refractivity contribution is 9.10. The summed E-state index contributed by atoms with van der Waals surface area (Å²) in [6.45, 7) is 2.82. The van der Waals surface area contributed by atoms with Crippen LogP contribution in [0.3, 0.4) is 0 Å². The molecule has 5 nitrogen and oxygen atoms in total. The van der Waals surface area contributed by atoms with Crippen molar-refractivity contribution < 1.29 is 9.18 Å². The van der Waals surface area contributed by atoms with Gasteiger partial charge in [-0.1, -0.05) is 15.9 Å². The van der Waals surface area contributed by atoms with Crippen LogP contribution < -0.4 is 10.3 Å². The van der Waals surface area contributed by atoms with Gasteiger partial charge >= 0.3 is 0 Å². The fourth-order valence-electron chi connectivity index (χ4n) is 3.53. The molecule has 0 spiro atoms. The Kier molecular flexibility index (Phi) is 5.17. The average Bonchev–Trinajstić information content (AvgIpc) is 2.71. The molecule has 2 heterocycles. The number of fused-ring (bicyclic) bond motifs is 1. The van der Waals surface area contributed by atoms with Gasteiger partial charge in [-0.3, -0.25) is 9.59 Å². The Morgan fingerprint density at radius 2 is 1.71 bits per heavy atom. The number of hydrogen-bond donors (Lipinski definition) is 0. The van der Waals surface area contributed by atoms with Gasteiger partial charge in [0.05, 0.1) is 5.52 Å². The van der Waals surface area contributed by atoms with Crippen molar-refractivity contribution in [3.05, 3.63) is 75.2 Å². The lowest BCUT2D eigenvalue weighted by molar-refractivity contribution is -0.132. The highest BCUT2D eigenvalue weighted by Gasteiger charge is 2.21. The van der Waals surface area contributed by atoms with Gasteiger partial charge in [0.2, 0.25) is 5.91 Å². The number of piperazine rings is 1. The lowest BCUT2D eigenvalue weighted by Crippen LogP contribution is -2.49. The molecule has 144 valence electrons. The first-order chi connectivity index (χ1) is 13.5. The van der Waals surface area contributed by atoms with Crippen LogP contribution in [0.25, 0.3) is 10.9 Å². The minimum Gasteiger partial charge on any atom is -0.368 e. The summed E-state index contributed by atoms with van der Waals surface area (Å²) in [6.07, 6.45) is 1.67. The van der Waals surface area contributed by atoms with Crippen molar-refractivity contribution >= 4 is 38.4 Å². The Labute approximate surface area is 170 Å². The highest BCUT2D eigenvalue weighted by Crippen LogP contribution is 2.19. The smallest absolute Gasteiger partial charge is 0.242 e. The van der Waals surface area contributed by atoms with Gasteiger partial charge in [0.15, 0.2) is 5.43 Å². The number of carbonyl (C=O) groups excluding carboxylic acids is 1. The summed E-state index contributed by atoms with van der Waals surface area (Å²) in [6, 6.07) is 13.4. The SMILES string of the molecule is O=C(Cn1ccc(=O)c2cc(Br)ccc21)N1CCN(c2ccc(F)cc2)CC1. The molecule has 1 aliphatic heterocycles. The number of pyridine rings is 1. The van der Waals surface area contributed by atoms with Crippen LogP contribution in [0.2, 0.25) is 0 Å². The molecule has 4 rings (SSSR count). The van der Waals surface area contributed by atoms with Gasteiger partial charge in [-0.2, -0.15) is 0 Å². The molecule has 28 heavy (non-hydrogen) atoms. The molecule has 0 saturated carbocycles. The van der Waals surface area contributed by atoms with Crippen molar-refractivity contribution in [2.45, 2.75) is 6.54 Å². The topological polar surface area (TPSA) is 45.6 Å². The average molecular weight is 444 g/mol. The molecule has 3 aromatic rings. The normalized spacial score (nSPS) is 14.5. The minimum atomic E-state index is -0.252. The Balaban J connectivity index is 1.45. The molecule has 0 radical (unpaired) electrons. The molecule has 0 bridgehead atoms. The third-order valence-electron chi connectivity index (χ3n) is 5.07. The Morgan fingerprint density at radius 1 is 1.00 bits per heavy atom. The van der Waals surface area contributed by atoms with Crippen molar-refractivity contribution in [3.8, 4) is 0 Å². The van der Waals surface area contributed by atoms with E-state index >= 15 is 0 Å². The minimum absolute atomic E-state index is 0.0200. The summed E-state index contributed by atoms with van der Waals surface area (Å²) < 4.78 is 15.7. The van der Waals surface area contributed by atoms with E-state index in [2.05, 4.69) is 20.8 Å². The maximum atomic E-state index is 13.1. The standard InChI is InChI=1S/C21H19BrFN3O2/c22-15-1-6-19-18(13-15)20(27)7-8-26(19)14-21(28)25-11-9-24(10-12-25)17-4-2-16(23)3-5-17/h1-8,13H,9-12,14H2. The molecular formula is C21H19BrFN3O2. The van der Waals surface area contributed by atoms with Crippen molar-refractivity contribution in [3.63, 3.8) is 0 Å². The number of rotatable bonds is 3. The van der Waals surface area contributed by atoms with Crippen molar-refractivity contribution in [2.75, 3.05) is 31.1 Å². The van der Waals surface area contributed by atoms with Crippen molar-refractivity contribution in [1.29, 1.82) is 0 Å². The van der Waals surface area contributed by atoms with E-state index < -0.39 is 0 Å². The van der Waals surface area contributed by atoms with Crippen LogP contribution in [-0.4, -0.2) is 41.6 Å². The quantitative estimate of drug-likeness (QED) is 0.623. The van der Waals surface area contributed by atoms with E-state index in [0.29, 0.717) is 31.6 Å². The lowest BCUT2D eigenvalue weighted by atomic mass is 10.2. The van der Waals surface area contributed by atoms with E-state index in [1.807, 2.05) is 21.6 Å². The van der Waals surface area contributed by atoms with E-state index in [-0.39, 0.29) is 23.7 Å². The zero-order valence-corrected chi connectivity index (χ0v) is 16.7. The van der Waals surface area contributed by atoms with Gasteiger partial charge in [-0.05, 0) is 42.5 Å². The fraction of sp³-hybridized carbons (Fsp3) is 0.238. The predicted molar refractivity (Wildman–Crippen MR) is 111 cm³/mol. The third kappa shape index (κ3) is 3.80. The van der Waals surface area contributed by atoms with Gasteiger partial charge in [0, 0.05) is 54.0 Å². The number of halogens is 2. The van der Waals surface area contributed by atoms with Crippen molar-refractivity contribution in [1.82, 2.24) is 9.47 Å². The number of benzene rings is 2. The summed E-state index contributed by atoms with van der Waals surface area (Å²) in [5.74, 6) is -0.232. The summed E-state index contributed by atoms with van der Waals surface area (Å²) in [5, 5.41) is 0.589. The van der Waals surface area contributed by atoms with E-state index in [9.17, 15) is 14.0 Å². The van der Waals surface area contributed by atoms with Crippen LogP contribution in [0, 0.1) is 5.82 Å². The number of nitrogens with zero attached hydrogens (tertiary/aromatic N) is 3. The summed E-state index contributed by atoms with van der Waals surface area (Å²) in [4.78, 5) is 28.9. The summed E-state index contributed by atoms with van der Waals surface area (Å²) >= 11 is 3.38. The second-order valence-electron chi connectivity index (χ2n) is 6.81. The number of carbonyl (C=O) groups is 1. The Bertz CT molecular complexity index is 1070. The number of hydrogen-bond acceptors (Lipinski definition) is 3. The molecule has 1 amide bonds. The molecule has 0 N–H and O–H groups in total. The maximum Gasteiger partial charge on any atom is 0.242 e. The second kappa shape index (κ2) is 7.75. The van der Waals surface area contributed by atoms with E-state index in [0.717, 1.165) is 15.7 Å². The zero-order valence-electron chi connectivity index (χ0n) is 15.1. The molecule has 0 unspecified atom stereocenters. The Hall–Kier alpha value is -2.67. The van der Waals surface area contributed by atoms with E-state index in [1.54, 1.807) is 24.4 Å². The number of amides is 1. The van der Waals surface area contributed by atoms with E-state index in [1.165, 1.54) is 18.2 Å². The number of anilines is 1. The molecular weight excluding hydrogens is 425 g/mol. The molecule has 2 aromatic carbocycles. The number of aromatic nitrogens is 1. The highest BCUT2D eigenvalue weighted by atomic mass is 79.9. The monoisotopic (exact) mass is 443 g/mol. The third-order valence-corrected chi connectivity index (χ3v) is 5.56. The van der Waals surface area contributed by atoms with Crippen LogP contribution in [0.4, 0.5) is 10.1 Å². The van der Waals surface area contributed by atoms with Crippen LogP contribution in [-0.2, 0) is 11.3 Å². The van der Waals surface area contributed by atoms with Crippen molar-refractivity contribution in [2.24, 2.45) is 0 Å². The molecule has 1 aromatic heterocycles. The van der Waals surface area contributed by atoms with Crippen LogP contribution in [0.15, 0.2) is 64.0 Å². The van der Waals surface area contributed by atoms with Gasteiger partial charge in [0.25, 0.3) is 0 Å². The van der Waals surface area contributed by atoms with E-state index in [4.69, 9.17) is 0 Å². The first kappa shape index (κ1) is 18.7. The zero-order chi connectivity index (χ0) is 19.7. The van der Waals surface area contributed by atoms with Gasteiger partial charge in [-0.25, -0.2) is 4.39 Å². The maximum absolute atomic E-state index is 13.1. The van der Waals surface area contributed by atoms with Gasteiger partial charge in [-0.15, -0.1) is 0 Å². The van der Waals surface area contributed by atoms with Gasteiger partial charge < -0.3 is 14.4 Å². The van der Waals surface area contributed by atoms with Gasteiger partial charge in [0.1, 0.15) is 12.4 Å². The summed E-state index contributed by atoms with van der Waals surface area (Å²) in [5.41, 5.74) is 1.65. The van der Waals surface area contributed by atoms with Crippen LogP contribution >= 0.6 is 15.9 Å². The summed E-state index contributed by atoms with van der Waals surface area (Å²) in [7, 11) is 0. The Morgan fingerprint density at radius 3 is 2.43 bits per heavy atom. The molecule has 7 heteroatoms. The first-order valence-corrected chi connectivity index (χ1v) is 9.87. The van der Waals surface area contributed by atoms with Crippen LogP contribution in [0.1, 0.15) is 0 Å². The fourth-order valence-corrected chi connectivity index (χ4v) is 3.89. The predicted octanol–water partition coefficient (Wildman–Crippen LogP) is 3.25. The largest absolute Gasteiger partial charge is 0.368 e. The van der Waals surface area contributed by atoms with Crippen LogP contribution in [0.5, 0.6) is 0 Å². The lowest BCUT2D eigenvalue weighted by Gasteiger charge is -2.36. The molecule has 0 aliphatic carbocycles. The molecule has 0 atom stereocenters. The molecule has 1 saturated heterocycles. The molecule has 1 fully saturated rings. The second-order valence-corrected chi connectivity index (χ2v) is 7.73. The molecule has 1 aliphatic rings.